The van der Waals surface area contributed by atoms with E-state index in [4.69, 9.17) is 0 Å². The van der Waals surface area contributed by atoms with Gasteiger partial charge < -0.3 is 9.67 Å². The van der Waals surface area contributed by atoms with Crippen molar-refractivity contribution < 1.29 is 14.7 Å². The molecule has 118 valence electrons. The van der Waals surface area contributed by atoms with Crippen LogP contribution in [0, 0.1) is 0 Å². The van der Waals surface area contributed by atoms with Gasteiger partial charge in [-0.2, -0.15) is 0 Å². The average Bonchev–Trinajstić information content (AvgIpc) is 2.80. The summed E-state index contributed by atoms with van der Waals surface area (Å²) in [5.74, 6) is -1.11. The van der Waals surface area contributed by atoms with E-state index in [1.807, 2.05) is 24.3 Å². The lowest BCUT2D eigenvalue weighted by Gasteiger charge is -2.03. The van der Waals surface area contributed by atoms with E-state index in [1.54, 1.807) is 11.6 Å². The molecule has 22 heavy (non-hydrogen) atoms. The summed E-state index contributed by atoms with van der Waals surface area (Å²) in [5, 5.41) is 10.2. The zero-order valence-electron chi connectivity index (χ0n) is 13.3. The van der Waals surface area contributed by atoms with Crippen molar-refractivity contribution in [2.75, 3.05) is 0 Å². The van der Waals surface area contributed by atoms with Crippen LogP contribution < -0.4 is 0 Å². The number of benzene rings is 1. The zero-order valence-corrected chi connectivity index (χ0v) is 13.3. The minimum absolute atomic E-state index is 0.0642. The monoisotopic (exact) mass is 301 g/mol. The van der Waals surface area contributed by atoms with Gasteiger partial charge in [0.25, 0.3) is 0 Å². The number of carbonyl (C=O) groups excluding carboxylic acids is 1. The normalized spacial score (nSPS) is 11.0. The second kappa shape index (κ2) is 7.25. The number of ketones is 1. The van der Waals surface area contributed by atoms with Crippen molar-refractivity contribution >= 4 is 22.7 Å². The molecule has 2 aromatic rings. The number of aromatic nitrogens is 1. The summed E-state index contributed by atoms with van der Waals surface area (Å²) in [7, 11) is 1.70. The fourth-order valence-electron chi connectivity index (χ4n) is 2.94. The number of Topliss-reactive ketones (excluding diaryl/α,β-unsaturated/α-hetero) is 1. The largest absolute Gasteiger partial charge is 0.477 e. The van der Waals surface area contributed by atoms with Crippen LogP contribution in [0.2, 0.25) is 0 Å². The first-order chi connectivity index (χ1) is 10.6. The van der Waals surface area contributed by atoms with Gasteiger partial charge in [-0.1, -0.05) is 50.8 Å². The number of hydrogen-bond donors (Lipinski definition) is 1. The molecule has 0 aliphatic carbocycles. The number of rotatable bonds is 8. The van der Waals surface area contributed by atoms with Crippen molar-refractivity contribution in [2.24, 2.45) is 7.05 Å². The second-order valence-electron chi connectivity index (χ2n) is 5.69. The molecule has 0 saturated heterocycles. The number of carboxylic acid groups (broad SMARTS) is 1. The van der Waals surface area contributed by atoms with E-state index >= 15 is 0 Å². The summed E-state index contributed by atoms with van der Waals surface area (Å²) in [4.78, 5) is 24.1. The Labute approximate surface area is 130 Å². The number of aryl methyl sites for hydroxylation is 1. The second-order valence-corrected chi connectivity index (χ2v) is 5.69. The van der Waals surface area contributed by atoms with Crippen LogP contribution in [0.5, 0.6) is 0 Å². The first kappa shape index (κ1) is 16.3. The maximum atomic E-state index is 12.6. The highest BCUT2D eigenvalue weighted by Gasteiger charge is 2.24. The molecule has 4 heteroatoms. The minimum atomic E-state index is -1.05. The number of carbonyl (C=O) groups is 2. The number of nitrogens with zero attached hydrogens (tertiary/aromatic N) is 1. The molecule has 1 N–H and O–H groups in total. The van der Waals surface area contributed by atoms with E-state index < -0.39 is 5.97 Å². The number of fused-ring (bicyclic) bond motifs is 1. The van der Waals surface area contributed by atoms with E-state index in [2.05, 4.69) is 6.92 Å². The van der Waals surface area contributed by atoms with Gasteiger partial charge in [-0.3, -0.25) is 4.79 Å². The van der Waals surface area contributed by atoms with Gasteiger partial charge in [0.05, 0.1) is 5.56 Å². The Balaban J connectivity index is 2.27. The number of hydrogen-bond acceptors (Lipinski definition) is 2. The van der Waals surface area contributed by atoms with Crippen molar-refractivity contribution in [3.63, 3.8) is 0 Å². The summed E-state index contributed by atoms with van der Waals surface area (Å²) >= 11 is 0. The lowest BCUT2D eigenvalue weighted by atomic mass is 10.0. The molecule has 1 aromatic heterocycles. The third kappa shape index (κ3) is 3.21. The molecule has 0 bridgehead atoms. The Kier molecular flexibility index (Phi) is 5.36. The molecule has 0 saturated carbocycles. The predicted octanol–water partition coefficient (Wildman–Crippen LogP) is 4.42. The highest BCUT2D eigenvalue weighted by atomic mass is 16.4. The van der Waals surface area contributed by atoms with Crippen molar-refractivity contribution in [3.05, 3.63) is 35.5 Å². The topological polar surface area (TPSA) is 59.3 Å². The lowest BCUT2D eigenvalue weighted by molar-refractivity contribution is 0.0682. The van der Waals surface area contributed by atoms with E-state index in [0.717, 1.165) is 30.2 Å². The van der Waals surface area contributed by atoms with E-state index in [0.29, 0.717) is 12.0 Å². The highest BCUT2D eigenvalue weighted by Crippen LogP contribution is 2.27. The van der Waals surface area contributed by atoms with Gasteiger partial charge in [-0.25, -0.2) is 4.79 Å². The first-order valence-electron chi connectivity index (χ1n) is 7.91. The molecule has 1 aromatic carbocycles. The van der Waals surface area contributed by atoms with Crippen LogP contribution in [-0.2, 0) is 7.05 Å². The minimum Gasteiger partial charge on any atom is -0.477 e. The van der Waals surface area contributed by atoms with Crippen molar-refractivity contribution in [3.8, 4) is 0 Å². The number of para-hydroxylation sites is 1. The van der Waals surface area contributed by atoms with Crippen LogP contribution in [0.25, 0.3) is 10.9 Å². The molecule has 0 radical (unpaired) electrons. The molecular formula is C18H23NO3. The maximum absolute atomic E-state index is 12.6. The first-order valence-corrected chi connectivity index (χ1v) is 7.91. The smallest absolute Gasteiger partial charge is 0.353 e. The molecule has 0 atom stereocenters. The Morgan fingerprint density at radius 1 is 1.09 bits per heavy atom. The Hall–Kier alpha value is -2.10. The maximum Gasteiger partial charge on any atom is 0.353 e. The van der Waals surface area contributed by atoms with Crippen LogP contribution >= 0.6 is 0 Å². The predicted molar refractivity (Wildman–Crippen MR) is 87.6 cm³/mol. The van der Waals surface area contributed by atoms with Crippen LogP contribution in [0.15, 0.2) is 24.3 Å². The fraction of sp³-hybridized carbons (Fsp3) is 0.444. The quantitative estimate of drug-likeness (QED) is 0.580. The number of aromatic carboxylic acids is 1. The Morgan fingerprint density at radius 3 is 2.45 bits per heavy atom. The van der Waals surface area contributed by atoms with Gasteiger partial charge in [0, 0.05) is 24.4 Å². The number of carboxylic acids is 1. The Bertz CT molecular complexity index is 685. The van der Waals surface area contributed by atoms with Crippen molar-refractivity contribution in [1.29, 1.82) is 0 Å². The van der Waals surface area contributed by atoms with Crippen molar-refractivity contribution in [2.45, 2.75) is 45.4 Å². The van der Waals surface area contributed by atoms with Gasteiger partial charge in [0.15, 0.2) is 5.78 Å². The average molecular weight is 301 g/mol. The lowest BCUT2D eigenvalue weighted by Crippen LogP contribution is -2.11. The molecule has 0 aliphatic rings. The third-order valence-electron chi connectivity index (χ3n) is 4.10. The van der Waals surface area contributed by atoms with Crippen LogP contribution in [0.1, 0.15) is 66.3 Å². The molecule has 0 unspecified atom stereocenters. The highest BCUT2D eigenvalue weighted by molar-refractivity contribution is 6.15. The molecule has 0 amide bonds. The van der Waals surface area contributed by atoms with Crippen molar-refractivity contribution in [1.82, 2.24) is 4.57 Å². The van der Waals surface area contributed by atoms with Gasteiger partial charge >= 0.3 is 5.97 Å². The standard InChI is InChI=1S/C18H23NO3/c1-3-4-5-6-7-12-15(20)16-13-10-8-9-11-14(13)19(2)17(16)18(21)22/h8-11H,3-7,12H2,1-2H3,(H,21,22). The molecule has 1 heterocycles. The summed E-state index contributed by atoms with van der Waals surface area (Å²) in [5.41, 5.74) is 1.25. The molecule has 4 nitrogen and oxygen atoms in total. The summed E-state index contributed by atoms with van der Waals surface area (Å²) in [6.45, 7) is 2.15. The van der Waals surface area contributed by atoms with Gasteiger partial charge in [-0.05, 0) is 12.5 Å². The summed E-state index contributed by atoms with van der Waals surface area (Å²) < 4.78 is 1.60. The van der Waals surface area contributed by atoms with Crippen LogP contribution in [0.4, 0.5) is 0 Å². The molecule has 2 rings (SSSR count). The van der Waals surface area contributed by atoms with E-state index in [9.17, 15) is 14.7 Å². The van der Waals surface area contributed by atoms with Crippen LogP contribution in [0.3, 0.4) is 0 Å². The van der Waals surface area contributed by atoms with Gasteiger partial charge in [0.2, 0.25) is 0 Å². The van der Waals surface area contributed by atoms with Crippen LogP contribution in [-0.4, -0.2) is 21.4 Å². The Morgan fingerprint density at radius 2 is 1.77 bits per heavy atom. The molecular weight excluding hydrogens is 278 g/mol. The van der Waals surface area contributed by atoms with E-state index in [-0.39, 0.29) is 11.5 Å². The van der Waals surface area contributed by atoms with E-state index in [1.165, 1.54) is 12.8 Å². The molecule has 0 spiro atoms. The zero-order chi connectivity index (χ0) is 16.1. The fourth-order valence-corrected chi connectivity index (χ4v) is 2.94. The molecule has 0 aliphatic heterocycles. The SMILES string of the molecule is CCCCCCCC(=O)c1c(C(=O)O)n(C)c2ccccc12. The molecule has 0 fully saturated rings. The summed E-state index contributed by atoms with van der Waals surface area (Å²) in [6.07, 6.45) is 5.74. The third-order valence-corrected chi connectivity index (χ3v) is 4.10. The van der Waals surface area contributed by atoms with Gasteiger partial charge in [0.1, 0.15) is 5.69 Å². The summed E-state index contributed by atoms with van der Waals surface area (Å²) in [6, 6.07) is 7.37. The number of unbranched alkanes of at least 4 members (excludes halogenated alkanes) is 4. The van der Waals surface area contributed by atoms with Gasteiger partial charge in [-0.15, -0.1) is 0 Å².